The van der Waals surface area contributed by atoms with Crippen molar-refractivity contribution in [3.05, 3.63) is 89.5 Å². The molecule has 194 valence electrons. The third-order valence-corrected chi connectivity index (χ3v) is 9.96. The molecule has 0 N–H and O–H groups in total. The molecule has 10 heteroatoms. The predicted molar refractivity (Wildman–Crippen MR) is 148 cm³/mol. The minimum atomic E-state index is -1.45. The number of likely N-dealkylation sites (tertiary alicyclic amines) is 1. The molecule has 1 aromatic heterocycles. The monoisotopic (exact) mass is 548 g/mol. The zero-order valence-corrected chi connectivity index (χ0v) is 22.7. The number of benzene rings is 2. The van der Waals surface area contributed by atoms with E-state index in [2.05, 4.69) is 4.98 Å². The normalized spacial score (nSPS) is 26.7. The molecule has 2 aromatic carbocycles. The SMILES string of the molecule is COc1ccc(CN2C(=O)[C@@]3(SC2=S)C(c2ccncc2)CN(C)[C@]32C(=O)N(C)c3ccc(F)cc32)cc1. The summed E-state index contributed by atoms with van der Waals surface area (Å²) in [7, 11) is 5.10. The van der Waals surface area contributed by atoms with E-state index in [9.17, 15) is 14.0 Å². The largest absolute Gasteiger partial charge is 0.497 e. The zero-order valence-electron chi connectivity index (χ0n) is 21.1. The van der Waals surface area contributed by atoms with Crippen molar-refractivity contribution in [2.45, 2.75) is 22.7 Å². The van der Waals surface area contributed by atoms with E-state index < -0.39 is 22.0 Å². The minimum Gasteiger partial charge on any atom is -0.497 e. The van der Waals surface area contributed by atoms with Gasteiger partial charge in [-0.2, -0.15) is 0 Å². The lowest BCUT2D eigenvalue weighted by atomic mass is 9.72. The Hall–Kier alpha value is -3.34. The van der Waals surface area contributed by atoms with Crippen molar-refractivity contribution in [1.29, 1.82) is 0 Å². The molecule has 3 atom stereocenters. The van der Waals surface area contributed by atoms with Crippen LogP contribution in [0.2, 0.25) is 0 Å². The van der Waals surface area contributed by atoms with Crippen LogP contribution in [0.3, 0.4) is 0 Å². The van der Waals surface area contributed by atoms with E-state index in [1.807, 2.05) is 48.3 Å². The van der Waals surface area contributed by atoms with Crippen molar-refractivity contribution >= 4 is 45.8 Å². The Morgan fingerprint density at radius 1 is 1.08 bits per heavy atom. The second kappa shape index (κ2) is 8.86. The summed E-state index contributed by atoms with van der Waals surface area (Å²) in [5.74, 6) is -0.684. The van der Waals surface area contributed by atoms with Crippen LogP contribution >= 0.6 is 24.0 Å². The van der Waals surface area contributed by atoms with E-state index >= 15 is 0 Å². The first-order valence-electron chi connectivity index (χ1n) is 12.1. The van der Waals surface area contributed by atoms with Crippen LogP contribution in [-0.2, 0) is 21.7 Å². The number of carbonyl (C=O) groups is 2. The molecule has 0 radical (unpaired) electrons. The van der Waals surface area contributed by atoms with Crippen LogP contribution in [0.5, 0.6) is 5.75 Å². The van der Waals surface area contributed by atoms with E-state index in [0.29, 0.717) is 27.9 Å². The van der Waals surface area contributed by atoms with Crippen molar-refractivity contribution in [2.24, 2.45) is 0 Å². The van der Waals surface area contributed by atoms with Crippen LogP contribution in [0, 0.1) is 5.82 Å². The lowest BCUT2D eigenvalue weighted by Gasteiger charge is -2.42. The van der Waals surface area contributed by atoms with Gasteiger partial charge in [0.15, 0.2) is 5.54 Å². The van der Waals surface area contributed by atoms with Crippen LogP contribution in [0.25, 0.3) is 0 Å². The fourth-order valence-corrected chi connectivity index (χ4v) is 8.44. The molecule has 3 aliphatic heterocycles. The Morgan fingerprint density at radius 2 is 1.79 bits per heavy atom. The van der Waals surface area contributed by atoms with Crippen LogP contribution in [-0.4, -0.2) is 63.4 Å². The van der Waals surface area contributed by atoms with Gasteiger partial charge in [0.05, 0.1) is 13.7 Å². The Balaban J connectivity index is 1.56. The summed E-state index contributed by atoms with van der Waals surface area (Å²) in [5.41, 5.74) is 1.37. The number of thiocarbonyl (C=S) groups is 1. The van der Waals surface area contributed by atoms with Gasteiger partial charge in [0.2, 0.25) is 5.91 Å². The fraction of sp³-hybridized carbons (Fsp3) is 0.286. The smallest absolute Gasteiger partial charge is 0.254 e. The number of likely N-dealkylation sites (N-methyl/N-ethyl adjacent to an activating group) is 2. The number of hydrogen-bond acceptors (Lipinski definition) is 7. The Morgan fingerprint density at radius 3 is 2.47 bits per heavy atom. The summed E-state index contributed by atoms with van der Waals surface area (Å²) in [5, 5.41) is 0. The quantitative estimate of drug-likeness (QED) is 0.458. The Labute approximate surface area is 229 Å². The van der Waals surface area contributed by atoms with E-state index in [-0.39, 0.29) is 18.4 Å². The molecule has 2 saturated heterocycles. The highest BCUT2D eigenvalue weighted by atomic mass is 32.2. The predicted octanol–water partition coefficient (Wildman–Crippen LogP) is 3.93. The number of nitrogens with zero attached hydrogens (tertiary/aromatic N) is 4. The summed E-state index contributed by atoms with van der Waals surface area (Å²) in [4.78, 5) is 38.3. The first kappa shape index (κ1) is 25.0. The van der Waals surface area contributed by atoms with Crippen LogP contribution in [0.4, 0.5) is 10.1 Å². The van der Waals surface area contributed by atoms with Crippen LogP contribution in [0.1, 0.15) is 22.6 Å². The number of anilines is 1. The molecule has 0 aliphatic carbocycles. The van der Waals surface area contributed by atoms with E-state index in [4.69, 9.17) is 17.0 Å². The zero-order chi connectivity index (χ0) is 26.8. The fourth-order valence-electron chi connectivity index (χ4n) is 6.32. The molecular weight excluding hydrogens is 523 g/mol. The summed E-state index contributed by atoms with van der Waals surface area (Å²) >= 11 is 7.09. The summed E-state index contributed by atoms with van der Waals surface area (Å²) in [6, 6.07) is 15.5. The summed E-state index contributed by atoms with van der Waals surface area (Å²) < 4.78 is 19.1. The van der Waals surface area contributed by atoms with Gasteiger partial charge in [0, 0.05) is 43.2 Å². The standard InChI is InChI=1S/C28H25FN4O3S2/c1-31-16-22(18-10-12-30-13-11-18)28(27(31)21-14-19(29)6-9-23(21)32(2)24(27)34)25(35)33(26(37)38-28)15-17-4-7-20(36-3)8-5-17/h4-14,22H,15-16H2,1-3H3/t22?,27-,28+/m1/s1. The van der Waals surface area contributed by atoms with Gasteiger partial charge < -0.3 is 9.64 Å². The maximum absolute atomic E-state index is 14.8. The second-order valence-corrected chi connectivity index (χ2v) is 11.7. The number of pyridine rings is 1. The lowest BCUT2D eigenvalue weighted by molar-refractivity contribution is -0.139. The Bertz CT molecular complexity index is 1470. The van der Waals surface area contributed by atoms with Gasteiger partial charge in [-0.1, -0.05) is 36.1 Å². The van der Waals surface area contributed by atoms with Gasteiger partial charge in [-0.05, 0) is 60.6 Å². The number of methoxy groups -OCH3 is 1. The lowest BCUT2D eigenvalue weighted by Crippen LogP contribution is -2.62. The van der Waals surface area contributed by atoms with E-state index in [1.165, 1.54) is 28.8 Å². The number of hydrogen-bond donors (Lipinski definition) is 0. The third-order valence-electron chi connectivity index (χ3n) is 8.02. The van der Waals surface area contributed by atoms with E-state index in [0.717, 1.165) is 11.1 Å². The molecule has 2 fully saturated rings. The molecule has 2 spiro atoms. The highest BCUT2D eigenvalue weighted by Crippen LogP contribution is 2.66. The van der Waals surface area contributed by atoms with Crippen molar-refractivity contribution in [3.8, 4) is 5.75 Å². The average Bonchev–Trinajstić information content (AvgIpc) is 3.43. The molecule has 2 amide bonds. The maximum Gasteiger partial charge on any atom is 0.254 e. The highest BCUT2D eigenvalue weighted by molar-refractivity contribution is 8.25. The molecule has 7 nitrogen and oxygen atoms in total. The van der Waals surface area contributed by atoms with Gasteiger partial charge >= 0.3 is 0 Å². The van der Waals surface area contributed by atoms with Crippen molar-refractivity contribution in [1.82, 2.24) is 14.8 Å². The molecule has 38 heavy (non-hydrogen) atoms. The van der Waals surface area contributed by atoms with Crippen molar-refractivity contribution in [2.75, 3.05) is 32.6 Å². The minimum absolute atomic E-state index is 0.249. The molecule has 0 bridgehead atoms. The molecule has 1 unspecified atom stereocenters. The molecule has 6 rings (SSSR count). The van der Waals surface area contributed by atoms with Crippen LogP contribution < -0.4 is 9.64 Å². The number of rotatable bonds is 4. The van der Waals surface area contributed by atoms with Gasteiger partial charge in [0.25, 0.3) is 5.91 Å². The number of carbonyl (C=O) groups excluding carboxylic acids is 2. The highest BCUT2D eigenvalue weighted by Gasteiger charge is 2.78. The topological polar surface area (TPSA) is 66.0 Å². The van der Waals surface area contributed by atoms with Gasteiger partial charge in [-0.3, -0.25) is 24.4 Å². The van der Waals surface area contributed by atoms with Crippen molar-refractivity contribution in [3.63, 3.8) is 0 Å². The number of ether oxygens (including phenoxy) is 1. The molecule has 4 heterocycles. The third kappa shape index (κ3) is 3.17. The molecular formula is C28H25FN4O3S2. The Kier molecular flexibility index (Phi) is 5.82. The van der Waals surface area contributed by atoms with Gasteiger partial charge in [-0.15, -0.1) is 0 Å². The number of thioether (sulfide) groups is 1. The first-order valence-corrected chi connectivity index (χ1v) is 13.4. The maximum atomic E-state index is 14.8. The molecule has 3 aliphatic rings. The van der Waals surface area contributed by atoms with E-state index in [1.54, 1.807) is 37.5 Å². The number of fused-ring (bicyclic) bond motifs is 3. The van der Waals surface area contributed by atoms with Crippen molar-refractivity contribution < 1.29 is 18.7 Å². The number of amides is 2. The molecule has 3 aromatic rings. The average molecular weight is 549 g/mol. The molecule has 0 saturated carbocycles. The number of halogens is 1. The van der Waals surface area contributed by atoms with Gasteiger partial charge in [0.1, 0.15) is 20.6 Å². The summed E-state index contributed by atoms with van der Waals surface area (Å²) in [6.07, 6.45) is 3.36. The first-order chi connectivity index (χ1) is 18.3. The van der Waals surface area contributed by atoms with Crippen LogP contribution in [0.15, 0.2) is 67.0 Å². The van der Waals surface area contributed by atoms with Gasteiger partial charge in [-0.25, -0.2) is 4.39 Å². The summed E-state index contributed by atoms with van der Waals surface area (Å²) in [6.45, 7) is 0.649. The number of aromatic nitrogens is 1. The second-order valence-electron chi connectivity index (χ2n) is 9.79.